The van der Waals surface area contributed by atoms with Crippen molar-refractivity contribution in [2.75, 3.05) is 11.9 Å². The maximum Gasteiger partial charge on any atom is 0.253 e. The molecule has 106 valence electrons. The molecule has 0 bridgehead atoms. The number of nitrogens with one attached hydrogen (secondary N) is 2. The minimum absolute atomic E-state index is 0.162. The largest absolute Gasteiger partial charge is 0.385 e. The Bertz CT molecular complexity index is 609. The molecule has 0 atom stereocenters. The summed E-state index contributed by atoms with van der Waals surface area (Å²) in [6.07, 6.45) is 1.70. The number of nitrogens with zero attached hydrogens (tertiary/aromatic N) is 2. The van der Waals surface area contributed by atoms with Crippen LogP contribution < -0.4 is 10.6 Å². The molecule has 20 heavy (non-hydrogen) atoms. The van der Waals surface area contributed by atoms with Crippen LogP contribution in [0.15, 0.2) is 30.5 Å². The highest BCUT2D eigenvalue weighted by Crippen LogP contribution is 2.20. The van der Waals surface area contributed by atoms with Crippen molar-refractivity contribution >= 4 is 23.2 Å². The van der Waals surface area contributed by atoms with Gasteiger partial charge in [-0.2, -0.15) is 5.10 Å². The maximum absolute atomic E-state index is 12.3. The van der Waals surface area contributed by atoms with E-state index in [2.05, 4.69) is 15.7 Å². The Hall–Kier alpha value is -2.01. The normalized spacial score (nSPS) is 10.3. The van der Waals surface area contributed by atoms with E-state index in [4.69, 9.17) is 11.6 Å². The zero-order valence-corrected chi connectivity index (χ0v) is 12.2. The number of halogens is 1. The number of amides is 1. The van der Waals surface area contributed by atoms with Crippen LogP contribution in [0.5, 0.6) is 0 Å². The standard InChI is InChI=1S/C14H17ClN4O/c1-3-16-13-5-4-10(15)8-12(13)14(20)17-9-11-6-7-18-19(11)2/h4-8,16H,3,9H2,1-2H3,(H,17,20). The molecule has 5 nitrogen and oxygen atoms in total. The van der Waals surface area contributed by atoms with Gasteiger partial charge in [-0.25, -0.2) is 0 Å². The molecule has 1 amide bonds. The molecule has 0 saturated carbocycles. The molecule has 0 saturated heterocycles. The summed E-state index contributed by atoms with van der Waals surface area (Å²) in [5.74, 6) is -0.162. The number of hydrogen-bond acceptors (Lipinski definition) is 3. The highest BCUT2D eigenvalue weighted by atomic mass is 35.5. The smallest absolute Gasteiger partial charge is 0.253 e. The van der Waals surface area contributed by atoms with E-state index in [0.717, 1.165) is 17.9 Å². The molecule has 0 aliphatic heterocycles. The van der Waals surface area contributed by atoms with Gasteiger partial charge in [0.2, 0.25) is 0 Å². The number of carbonyl (C=O) groups excluding carboxylic acids is 1. The van der Waals surface area contributed by atoms with Gasteiger partial charge in [0, 0.05) is 30.5 Å². The van der Waals surface area contributed by atoms with Gasteiger partial charge < -0.3 is 10.6 Å². The van der Waals surface area contributed by atoms with Crippen LogP contribution in [0.1, 0.15) is 23.0 Å². The molecule has 0 unspecified atom stereocenters. The van der Waals surface area contributed by atoms with E-state index in [1.807, 2.05) is 26.1 Å². The van der Waals surface area contributed by atoms with Crippen molar-refractivity contribution in [3.05, 3.63) is 46.7 Å². The predicted molar refractivity (Wildman–Crippen MR) is 80.0 cm³/mol. The van der Waals surface area contributed by atoms with Crippen LogP contribution in [0.2, 0.25) is 5.02 Å². The molecule has 2 rings (SSSR count). The first-order valence-corrected chi connectivity index (χ1v) is 6.78. The quantitative estimate of drug-likeness (QED) is 0.890. The molecule has 1 aromatic carbocycles. The second kappa shape index (κ2) is 6.43. The van der Waals surface area contributed by atoms with E-state index < -0.39 is 0 Å². The van der Waals surface area contributed by atoms with Crippen LogP contribution in [-0.4, -0.2) is 22.2 Å². The monoisotopic (exact) mass is 292 g/mol. The third-order valence-corrected chi connectivity index (χ3v) is 3.18. The van der Waals surface area contributed by atoms with Gasteiger partial charge in [-0.1, -0.05) is 11.6 Å². The van der Waals surface area contributed by atoms with Crippen LogP contribution in [0.4, 0.5) is 5.69 Å². The minimum Gasteiger partial charge on any atom is -0.385 e. The molecular formula is C14H17ClN4O. The van der Waals surface area contributed by atoms with Crippen molar-refractivity contribution in [1.29, 1.82) is 0 Å². The molecule has 2 aromatic rings. The molecule has 2 N–H and O–H groups in total. The van der Waals surface area contributed by atoms with Crippen LogP contribution >= 0.6 is 11.6 Å². The number of hydrogen-bond donors (Lipinski definition) is 2. The molecule has 0 radical (unpaired) electrons. The molecule has 6 heteroatoms. The van der Waals surface area contributed by atoms with E-state index in [9.17, 15) is 4.79 Å². The van der Waals surface area contributed by atoms with Gasteiger partial charge in [0.1, 0.15) is 0 Å². The summed E-state index contributed by atoms with van der Waals surface area (Å²) in [6.45, 7) is 3.14. The van der Waals surface area contributed by atoms with Crippen molar-refractivity contribution in [3.8, 4) is 0 Å². The number of benzene rings is 1. The van der Waals surface area contributed by atoms with Gasteiger partial charge in [-0.15, -0.1) is 0 Å². The summed E-state index contributed by atoms with van der Waals surface area (Å²) in [5, 5.41) is 10.6. The third-order valence-electron chi connectivity index (χ3n) is 2.95. The lowest BCUT2D eigenvalue weighted by atomic mass is 10.1. The lowest BCUT2D eigenvalue weighted by molar-refractivity contribution is 0.0951. The number of aryl methyl sites for hydroxylation is 1. The molecule has 1 heterocycles. The van der Waals surface area contributed by atoms with Gasteiger partial charge in [0.15, 0.2) is 0 Å². The fourth-order valence-corrected chi connectivity index (χ4v) is 2.06. The molecular weight excluding hydrogens is 276 g/mol. The minimum atomic E-state index is -0.162. The summed E-state index contributed by atoms with van der Waals surface area (Å²) in [4.78, 5) is 12.3. The molecule has 1 aromatic heterocycles. The number of rotatable bonds is 5. The van der Waals surface area contributed by atoms with Crippen LogP contribution in [0.3, 0.4) is 0 Å². The topological polar surface area (TPSA) is 59.0 Å². The SMILES string of the molecule is CCNc1ccc(Cl)cc1C(=O)NCc1ccnn1C. The maximum atomic E-state index is 12.3. The molecule has 0 aliphatic carbocycles. The Morgan fingerprint density at radius 2 is 2.20 bits per heavy atom. The molecule has 0 aliphatic rings. The highest BCUT2D eigenvalue weighted by Gasteiger charge is 2.12. The lowest BCUT2D eigenvalue weighted by Gasteiger charge is -2.11. The summed E-state index contributed by atoms with van der Waals surface area (Å²) >= 11 is 5.96. The third kappa shape index (κ3) is 3.30. The first kappa shape index (κ1) is 14.4. The van der Waals surface area contributed by atoms with Crippen LogP contribution in [-0.2, 0) is 13.6 Å². The average molecular weight is 293 g/mol. The van der Waals surface area contributed by atoms with Gasteiger partial charge >= 0.3 is 0 Å². The predicted octanol–water partition coefficient (Wildman–Crippen LogP) is 2.44. The summed E-state index contributed by atoms with van der Waals surface area (Å²) in [7, 11) is 1.84. The summed E-state index contributed by atoms with van der Waals surface area (Å²) in [6, 6.07) is 7.10. The number of aromatic nitrogens is 2. The van der Waals surface area contributed by atoms with E-state index in [0.29, 0.717) is 17.1 Å². The number of anilines is 1. The Morgan fingerprint density at radius 1 is 1.40 bits per heavy atom. The van der Waals surface area contributed by atoms with Crippen molar-refractivity contribution in [2.24, 2.45) is 7.05 Å². The van der Waals surface area contributed by atoms with Crippen molar-refractivity contribution in [1.82, 2.24) is 15.1 Å². The van der Waals surface area contributed by atoms with Gasteiger partial charge in [0.25, 0.3) is 5.91 Å². The van der Waals surface area contributed by atoms with Crippen molar-refractivity contribution in [2.45, 2.75) is 13.5 Å². The first-order valence-electron chi connectivity index (χ1n) is 6.40. The van der Waals surface area contributed by atoms with Gasteiger partial charge in [-0.05, 0) is 31.2 Å². The summed E-state index contributed by atoms with van der Waals surface area (Å²) < 4.78 is 1.73. The first-order chi connectivity index (χ1) is 9.61. The van der Waals surface area contributed by atoms with Gasteiger partial charge in [-0.3, -0.25) is 9.48 Å². The van der Waals surface area contributed by atoms with Crippen LogP contribution in [0.25, 0.3) is 0 Å². The Kier molecular flexibility index (Phi) is 4.63. The van der Waals surface area contributed by atoms with Gasteiger partial charge in [0.05, 0.1) is 17.8 Å². The average Bonchev–Trinajstić information content (AvgIpc) is 2.84. The van der Waals surface area contributed by atoms with Crippen molar-refractivity contribution < 1.29 is 4.79 Å². The second-order valence-corrected chi connectivity index (χ2v) is 4.79. The highest BCUT2D eigenvalue weighted by molar-refractivity contribution is 6.31. The summed E-state index contributed by atoms with van der Waals surface area (Å²) in [5.41, 5.74) is 2.26. The number of carbonyl (C=O) groups is 1. The Morgan fingerprint density at radius 3 is 2.85 bits per heavy atom. The van der Waals surface area contributed by atoms with Crippen molar-refractivity contribution in [3.63, 3.8) is 0 Å². The fraction of sp³-hybridized carbons (Fsp3) is 0.286. The van der Waals surface area contributed by atoms with E-state index in [1.165, 1.54) is 0 Å². The molecule has 0 spiro atoms. The second-order valence-electron chi connectivity index (χ2n) is 4.35. The van der Waals surface area contributed by atoms with Crippen LogP contribution in [0, 0.1) is 0 Å². The van der Waals surface area contributed by atoms with E-state index in [1.54, 1.807) is 23.0 Å². The Labute approximate surface area is 122 Å². The van der Waals surface area contributed by atoms with E-state index in [-0.39, 0.29) is 5.91 Å². The zero-order valence-electron chi connectivity index (χ0n) is 11.5. The Balaban J connectivity index is 2.12. The fourth-order valence-electron chi connectivity index (χ4n) is 1.89. The van der Waals surface area contributed by atoms with E-state index >= 15 is 0 Å². The molecule has 0 fully saturated rings. The zero-order chi connectivity index (χ0) is 14.5. The lowest BCUT2D eigenvalue weighted by Crippen LogP contribution is -2.25.